The molecule has 0 aliphatic heterocycles. The van der Waals surface area contributed by atoms with Crippen LogP contribution in [0.4, 0.5) is 5.82 Å². The topological polar surface area (TPSA) is 54.0 Å². The van der Waals surface area contributed by atoms with Gasteiger partial charge in [-0.15, -0.1) is 0 Å². The Kier molecular flexibility index (Phi) is 4.77. The second-order valence-corrected chi connectivity index (χ2v) is 5.17. The summed E-state index contributed by atoms with van der Waals surface area (Å²) in [6.45, 7) is 5.77. The summed E-state index contributed by atoms with van der Waals surface area (Å²) in [5.74, 6) is 1.52. The van der Waals surface area contributed by atoms with Gasteiger partial charge in [0.1, 0.15) is 5.82 Å². The fourth-order valence-electron chi connectivity index (χ4n) is 2.04. The second kappa shape index (κ2) is 6.55. The lowest BCUT2D eigenvalue weighted by molar-refractivity contribution is 0.0951. The molecule has 19 heavy (non-hydrogen) atoms. The summed E-state index contributed by atoms with van der Waals surface area (Å²) in [6, 6.07) is 3.75. The van der Waals surface area contributed by atoms with Crippen LogP contribution in [0.25, 0.3) is 0 Å². The Hall–Kier alpha value is -1.58. The van der Waals surface area contributed by atoms with Crippen molar-refractivity contribution in [2.75, 3.05) is 18.4 Å². The Morgan fingerprint density at radius 2 is 2.16 bits per heavy atom. The van der Waals surface area contributed by atoms with Crippen LogP contribution in [0.5, 0.6) is 0 Å². The van der Waals surface area contributed by atoms with E-state index in [2.05, 4.69) is 22.5 Å². The third-order valence-corrected chi connectivity index (χ3v) is 3.25. The van der Waals surface area contributed by atoms with Gasteiger partial charge in [0.15, 0.2) is 0 Å². The molecule has 104 valence electrons. The molecule has 1 saturated carbocycles. The predicted molar refractivity (Wildman–Crippen MR) is 77.5 cm³/mol. The maximum Gasteiger partial charge on any atom is 0.251 e. The van der Waals surface area contributed by atoms with Gasteiger partial charge in [0.25, 0.3) is 5.91 Å². The van der Waals surface area contributed by atoms with Crippen LogP contribution in [0.2, 0.25) is 0 Å². The van der Waals surface area contributed by atoms with Crippen molar-refractivity contribution < 1.29 is 4.79 Å². The molecule has 1 aliphatic carbocycles. The van der Waals surface area contributed by atoms with E-state index in [1.807, 2.05) is 19.1 Å². The van der Waals surface area contributed by atoms with Crippen molar-refractivity contribution in [2.45, 2.75) is 39.5 Å². The Morgan fingerprint density at radius 1 is 1.37 bits per heavy atom. The number of carbonyl (C=O) groups is 1. The molecule has 0 unspecified atom stereocenters. The molecule has 0 aromatic carbocycles. The fourth-order valence-corrected chi connectivity index (χ4v) is 2.04. The average Bonchev–Trinajstić information content (AvgIpc) is 3.20. The maximum atomic E-state index is 12.1. The average molecular weight is 261 g/mol. The minimum absolute atomic E-state index is 0.0193. The first kappa shape index (κ1) is 13.8. The highest BCUT2D eigenvalue weighted by Crippen LogP contribution is 2.27. The molecule has 0 spiro atoms. The van der Waals surface area contributed by atoms with Gasteiger partial charge in [-0.05, 0) is 44.2 Å². The SMILES string of the molecule is CCCc1cc(C(=O)NCC2CC2)cc(NCC)n1. The van der Waals surface area contributed by atoms with E-state index in [9.17, 15) is 4.79 Å². The van der Waals surface area contributed by atoms with Gasteiger partial charge in [-0.2, -0.15) is 0 Å². The summed E-state index contributed by atoms with van der Waals surface area (Å²) in [7, 11) is 0. The zero-order valence-corrected chi connectivity index (χ0v) is 11.8. The van der Waals surface area contributed by atoms with Gasteiger partial charge in [-0.1, -0.05) is 13.3 Å². The molecule has 0 atom stereocenters. The van der Waals surface area contributed by atoms with Crippen molar-refractivity contribution in [1.29, 1.82) is 0 Å². The van der Waals surface area contributed by atoms with Crippen LogP contribution in [0.1, 0.15) is 49.2 Å². The van der Waals surface area contributed by atoms with Gasteiger partial charge in [0.05, 0.1) is 0 Å². The van der Waals surface area contributed by atoms with Crippen LogP contribution in [0, 0.1) is 5.92 Å². The number of hydrogen-bond acceptors (Lipinski definition) is 3. The van der Waals surface area contributed by atoms with Gasteiger partial charge >= 0.3 is 0 Å². The molecule has 1 fully saturated rings. The minimum atomic E-state index is 0.0193. The Labute approximate surface area is 115 Å². The summed E-state index contributed by atoms with van der Waals surface area (Å²) in [5.41, 5.74) is 1.70. The lowest BCUT2D eigenvalue weighted by Gasteiger charge is -2.10. The summed E-state index contributed by atoms with van der Waals surface area (Å²) in [4.78, 5) is 16.6. The first-order valence-corrected chi connectivity index (χ1v) is 7.26. The first-order chi connectivity index (χ1) is 9.22. The fraction of sp³-hybridized carbons (Fsp3) is 0.600. The molecular formula is C15H23N3O. The number of aromatic nitrogens is 1. The molecular weight excluding hydrogens is 238 g/mol. The van der Waals surface area contributed by atoms with Crippen LogP contribution in [-0.2, 0) is 6.42 Å². The standard InChI is InChI=1S/C15H23N3O/c1-3-5-13-8-12(9-14(18-13)16-4-2)15(19)17-10-11-6-7-11/h8-9,11H,3-7,10H2,1-2H3,(H,16,18)(H,17,19). The molecule has 2 N–H and O–H groups in total. The highest BCUT2D eigenvalue weighted by molar-refractivity contribution is 5.95. The van der Waals surface area contributed by atoms with Crippen molar-refractivity contribution in [3.05, 3.63) is 23.4 Å². The molecule has 1 aromatic heterocycles. The summed E-state index contributed by atoms with van der Waals surface area (Å²) in [5, 5.41) is 6.19. The number of aryl methyl sites for hydroxylation is 1. The minimum Gasteiger partial charge on any atom is -0.370 e. The van der Waals surface area contributed by atoms with E-state index in [1.54, 1.807) is 0 Å². The van der Waals surface area contributed by atoms with Gasteiger partial charge in [-0.25, -0.2) is 4.98 Å². The number of amides is 1. The van der Waals surface area contributed by atoms with E-state index in [1.165, 1.54) is 12.8 Å². The monoisotopic (exact) mass is 261 g/mol. The Morgan fingerprint density at radius 3 is 2.79 bits per heavy atom. The number of nitrogens with one attached hydrogen (secondary N) is 2. The van der Waals surface area contributed by atoms with E-state index in [0.29, 0.717) is 5.92 Å². The summed E-state index contributed by atoms with van der Waals surface area (Å²) >= 11 is 0. The predicted octanol–water partition coefficient (Wildman–Crippen LogP) is 2.61. The van der Waals surface area contributed by atoms with E-state index in [4.69, 9.17) is 0 Å². The molecule has 4 heteroatoms. The molecule has 1 aliphatic rings. The molecule has 1 aromatic rings. The number of hydrogen-bond donors (Lipinski definition) is 2. The highest BCUT2D eigenvalue weighted by Gasteiger charge is 2.22. The highest BCUT2D eigenvalue weighted by atomic mass is 16.1. The molecule has 1 amide bonds. The van der Waals surface area contributed by atoms with Gasteiger partial charge in [0.2, 0.25) is 0 Å². The Bertz CT molecular complexity index is 417. The normalized spacial score (nSPS) is 14.2. The number of pyridine rings is 1. The number of rotatable bonds is 7. The maximum absolute atomic E-state index is 12.1. The van der Waals surface area contributed by atoms with Crippen LogP contribution in [0.3, 0.4) is 0 Å². The number of nitrogens with zero attached hydrogens (tertiary/aromatic N) is 1. The largest absolute Gasteiger partial charge is 0.370 e. The van der Waals surface area contributed by atoms with Gasteiger partial charge in [0, 0.05) is 24.3 Å². The second-order valence-electron chi connectivity index (χ2n) is 5.17. The molecule has 1 heterocycles. The summed E-state index contributed by atoms with van der Waals surface area (Å²) in [6.07, 6.45) is 4.44. The molecule has 0 bridgehead atoms. The zero-order chi connectivity index (χ0) is 13.7. The zero-order valence-electron chi connectivity index (χ0n) is 11.8. The van der Waals surface area contributed by atoms with Gasteiger partial charge < -0.3 is 10.6 Å². The third-order valence-electron chi connectivity index (χ3n) is 3.25. The van der Waals surface area contributed by atoms with Crippen LogP contribution >= 0.6 is 0 Å². The van der Waals surface area contributed by atoms with Crippen molar-refractivity contribution in [1.82, 2.24) is 10.3 Å². The molecule has 0 radical (unpaired) electrons. The van der Waals surface area contributed by atoms with Crippen molar-refractivity contribution in [3.8, 4) is 0 Å². The molecule has 4 nitrogen and oxygen atoms in total. The molecule has 2 rings (SSSR count). The van der Waals surface area contributed by atoms with Crippen molar-refractivity contribution in [2.24, 2.45) is 5.92 Å². The van der Waals surface area contributed by atoms with Crippen LogP contribution < -0.4 is 10.6 Å². The van der Waals surface area contributed by atoms with E-state index >= 15 is 0 Å². The van der Waals surface area contributed by atoms with Crippen LogP contribution in [-0.4, -0.2) is 24.0 Å². The third kappa shape index (κ3) is 4.23. The van der Waals surface area contributed by atoms with E-state index < -0.39 is 0 Å². The number of anilines is 1. The first-order valence-electron chi connectivity index (χ1n) is 7.26. The van der Waals surface area contributed by atoms with Crippen molar-refractivity contribution in [3.63, 3.8) is 0 Å². The smallest absolute Gasteiger partial charge is 0.251 e. The Balaban J connectivity index is 2.08. The lowest BCUT2D eigenvalue weighted by atomic mass is 10.1. The quantitative estimate of drug-likeness (QED) is 0.793. The lowest BCUT2D eigenvalue weighted by Crippen LogP contribution is -2.26. The van der Waals surface area contributed by atoms with E-state index in [0.717, 1.165) is 43.0 Å². The van der Waals surface area contributed by atoms with Crippen molar-refractivity contribution >= 4 is 11.7 Å². The van der Waals surface area contributed by atoms with Gasteiger partial charge in [-0.3, -0.25) is 4.79 Å². The van der Waals surface area contributed by atoms with E-state index in [-0.39, 0.29) is 5.91 Å². The summed E-state index contributed by atoms with van der Waals surface area (Å²) < 4.78 is 0. The number of carbonyl (C=O) groups excluding carboxylic acids is 1. The molecule has 0 saturated heterocycles. The van der Waals surface area contributed by atoms with Crippen LogP contribution in [0.15, 0.2) is 12.1 Å².